The fourth-order valence-corrected chi connectivity index (χ4v) is 6.36. The van der Waals surface area contributed by atoms with Crippen LogP contribution in [0.4, 0.5) is 24.8 Å². The van der Waals surface area contributed by atoms with E-state index in [9.17, 15) is 23.1 Å². The monoisotopic (exact) mass is 483 g/mol. The summed E-state index contributed by atoms with van der Waals surface area (Å²) in [6, 6.07) is 4.32. The van der Waals surface area contributed by atoms with Gasteiger partial charge in [0.2, 0.25) is 0 Å². The van der Waals surface area contributed by atoms with Crippen LogP contribution in [0.15, 0.2) is 24.4 Å². The molecule has 2 aromatic heterocycles. The molecule has 7 nitrogen and oxygen atoms in total. The molecule has 4 saturated carbocycles. The summed E-state index contributed by atoms with van der Waals surface area (Å²) in [6.45, 7) is -1.34. The van der Waals surface area contributed by atoms with Gasteiger partial charge in [-0.25, -0.2) is 9.67 Å². The van der Waals surface area contributed by atoms with Crippen LogP contribution in [-0.2, 0) is 6.54 Å². The van der Waals surface area contributed by atoms with Gasteiger partial charge in [-0.1, -0.05) is 11.6 Å². The van der Waals surface area contributed by atoms with E-state index in [1.165, 1.54) is 23.2 Å². The molecule has 0 radical (unpaired) electrons. The summed E-state index contributed by atoms with van der Waals surface area (Å²) in [7, 11) is 1.54. The number of aromatic nitrogens is 3. The SMILES string of the molecule is CN(c1cc(Cl)ccn1)c1cc(C(=O)NC2C3CC4CC2CC(O)(C4)C3)nn1CC(F)(F)F. The number of amides is 1. The summed E-state index contributed by atoms with van der Waals surface area (Å²) in [4.78, 5) is 18.6. The molecule has 0 saturated heterocycles. The van der Waals surface area contributed by atoms with Gasteiger partial charge in [0.05, 0.1) is 5.60 Å². The lowest BCUT2D eigenvalue weighted by atomic mass is 9.52. The molecule has 4 aliphatic rings. The first-order valence-electron chi connectivity index (χ1n) is 11.0. The Morgan fingerprint density at radius 1 is 1.30 bits per heavy atom. The molecule has 2 unspecified atom stereocenters. The molecule has 0 aromatic carbocycles. The zero-order valence-electron chi connectivity index (χ0n) is 18.0. The third-order valence-corrected chi connectivity index (χ3v) is 7.49. The zero-order chi connectivity index (χ0) is 23.5. The van der Waals surface area contributed by atoms with Crippen LogP contribution >= 0.6 is 11.6 Å². The van der Waals surface area contributed by atoms with Gasteiger partial charge in [-0.2, -0.15) is 18.3 Å². The van der Waals surface area contributed by atoms with Gasteiger partial charge < -0.3 is 15.3 Å². The van der Waals surface area contributed by atoms with E-state index in [1.807, 2.05) is 0 Å². The molecule has 2 heterocycles. The van der Waals surface area contributed by atoms with E-state index in [-0.39, 0.29) is 29.4 Å². The molecule has 178 valence electrons. The highest BCUT2D eigenvalue weighted by Crippen LogP contribution is 2.55. The summed E-state index contributed by atoms with van der Waals surface area (Å²) in [5.41, 5.74) is -0.720. The number of anilines is 2. The minimum absolute atomic E-state index is 0.0756. The molecule has 2 N–H and O–H groups in total. The van der Waals surface area contributed by atoms with Gasteiger partial charge in [0.25, 0.3) is 5.91 Å². The minimum Gasteiger partial charge on any atom is -0.390 e. The highest BCUT2D eigenvalue weighted by atomic mass is 35.5. The molecule has 4 aliphatic carbocycles. The average Bonchev–Trinajstić information content (AvgIpc) is 3.11. The number of hydrogen-bond acceptors (Lipinski definition) is 5. The number of alkyl halides is 3. The molecule has 4 fully saturated rings. The van der Waals surface area contributed by atoms with Crippen molar-refractivity contribution in [2.75, 3.05) is 11.9 Å². The van der Waals surface area contributed by atoms with Crippen molar-refractivity contribution in [1.82, 2.24) is 20.1 Å². The van der Waals surface area contributed by atoms with E-state index in [4.69, 9.17) is 11.6 Å². The predicted octanol–water partition coefficient (Wildman–Crippen LogP) is 3.93. The molecule has 2 atom stereocenters. The molecule has 11 heteroatoms. The number of nitrogens with one attached hydrogen (secondary N) is 1. The van der Waals surface area contributed by atoms with Crippen molar-refractivity contribution < 1.29 is 23.1 Å². The second-order valence-corrected chi connectivity index (χ2v) is 10.2. The number of nitrogens with zero attached hydrogens (tertiary/aromatic N) is 4. The van der Waals surface area contributed by atoms with Crippen molar-refractivity contribution in [1.29, 1.82) is 0 Å². The van der Waals surface area contributed by atoms with Crippen LogP contribution in [0.2, 0.25) is 5.02 Å². The van der Waals surface area contributed by atoms with Crippen LogP contribution in [0.5, 0.6) is 0 Å². The highest BCUT2D eigenvalue weighted by Gasteiger charge is 2.55. The molecule has 33 heavy (non-hydrogen) atoms. The first-order chi connectivity index (χ1) is 15.5. The summed E-state index contributed by atoms with van der Waals surface area (Å²) < 4.78 is 40.4. The first kappa shape index (κ1) is 22.5. The molecule has 6 rings (SSSR count). The van der Waals surface area contributed by atoms with Gasteiger partial charge in [0.15, 0.2) is 5.69 Å². The molecular weight excluding hydrogens is 459 g/mol. The van der Waals surface area contributed by atoms with Gasteiger partial charge >= 0.3 is 6.18 Å². The Bertz CT molecular complexity index is 1060. The van der Waals surface area contributed by atoms with Gasteiger partial charge in [-0.15, -0.1) is 0 Å². The predicted molar refractivity (Wildman–Crippen MR) is 115 cm³/mol. The maximum atomic E-state index is 13.2. The number of pyridine rings is 1. The molecule has 0 spiro atoms. The second-order valence-electron chi connectivity index (χ2n) is 9.75. The van der Waals surface area contributed by atoms with E-state index in [2.05, 4.69) is 15.4 Å². The lowest BCUT2D eigenvalue weighted by Gasteiger charge is -2.58. The Kier molecular flexibility index (Phi) is 5.36. The third kappa shape index (κ3) is 4.42. The maximum Gasteiger partial charge on any atom is 0.408 e. The fraction of sp³-hybridized carbons (Fsp3) is 0.591. The normalized spacial score (nSPS) is 30.5. The highest BCUT2D eigenvalue weighted by molar-refractivity contribution is 6.30. The number of halogens is 4. The van der Waals surface area contributed by atoms with Gasteiger partial charge in [-0.3, -0.25) is 4.79 Å². The Morgan fingerprint density at radius 2 is 2.00 bits per heavy atom. The Balaban J connectivity index is 1.40. The van der Waals surface area contributed by atoms with E-state index in [0.717, 1.165) is 23.9 Å². The van der Waals surface area contributed by atoms with Crippen LogP contribution in [0.1, 0.15) is 42.6 Å². The van der Waals surface area contributed by atoms with Gasteiger partial charge in [0.1, 0.15) is 18.2 Å². The Morgan fingerprint density at radius 3 is 2.61 bits per heavy atom. The smallest absolute Gasteiger partial charge is 0.390 e. The van der Waals surface area contributed by atoms with Crippen molar-refractivity contribution in [2.45, 2.75) is 56.5 Å². The van der Waals surface area contributed by atoms with Crippen LogP contribution in [0.3, 0.4) is 0 Å². The van der Waals surface area contributed by atoms with Crippen molar-refractivity contribution in [3.63, 3.8) is 0 Å². The number of rotatable bonds is 5. The topological polar surface area (TPSA) is 83.3 Å². The van der Waals surface area contributed by atoms with E-state index in [0.29, 0.717) is 29.6 Å². The van der Waals surface area contributed by atoms with Crippen LogP contribution in [0.25, 0.3) is 0 Å². The largest absolute Gasteiger partial charge is 0.408 e. The van der Waals surface area contributed by atoms with Crippen LogP contribution in [0, 0.1) is 17.8 Å². The number of hydrogen-bond donors (Lipinski definition) is 2. The molecule has 0 aliphatic heterocycles. The summed E-state index contributed by atoms with van der Waals surface area (Å²) >= 11 is 6.01. The van der Waals surface area contributed by atoms with Crippen molar-refractivity contribution >= 4 is 29.1 Å². The lowest BCUT2D eigenvalue weighted by molar-refractivity contribution is -0.142. The molecule has 2 aromatic rings. The van der Waals surface area contributed by atoms with Crippen LogP contribution in [-0.4, -0.2) is 50.6 Å². The van der Waals surface area contributed by atoms with E-state index in [1.54, 1.807) is 13.1 Å². The third-order valence-electron chi connectivity index (χ3n) is 7.25. The molecule has 4 bridgehead atoms. The number of carbonyl (C=O) groups is 1. The minimum atomic E-state index is -4.52. The Labute approximate surface area is 193 Å². The molecule has 1 amide bonds. The van der Waals surface area contributed by atoms with E-state index >= 15 is 0 Å². The molecular formula is C22H25ClF3N5O2. The number of aliphatic hydroxyl groups is 1. The Hall–Kier alpha value is -2.33. The second kappa shape index (κ2) is 7.87. The van der Waals surface area contributed by atoms with Crippen LogP contribution < -0.4 is 10.2 Å². The standard InChI is InChI=1S/C22H25ClF3N5O2/c1-30(17-6-15(23)2-3-27-17)18-7-16(29-31(18)11-22(24,25)26)20(32)28-19-13-4-12-5-14(19)10-21(33,8-12)9-13/h2-3,6-7,12-14,19,33H,4-5,8-11H2,1H3,(H,28,32). The van der Waals surface area contributed by atoms with Crippen molar-refractivity contribution in [3.05, 3.63) is 35.1 Å². The average molecular weight is 484 g/mol. The van der Waals surface area contributed by atoms with Crippen molar-refractivity contribution in [2.24, 2.45) is 17.8 Å². The van der Waals surface area contributed by atoms with E-state index < -0.39 is 24.2 Å². The fourth-order valence-electron chi connectivity index (χ4n) is 6.21. The maximum absolute atomic E-state index is 13.2. The zero-order valence-corrected chi connectivity index (χ0v) is 18.8. The summed E-state index contributed by atoms with van der Waals surface area (Å²) in [6.07, 6.45) is 0.988. The summed E-state index contributed by atoms with van der Waals surface area (Å²) in [5, 5.41) is 18.2. The first-order valence-corrected chi connectivity index (χ1v) is 11.4. The lowest BCUT2D eigenvalue weighted by Crippen LogP contribution is -2.61. The number of carbonyl (C=O) groups excluding carboxylic acids is 1. The van der Waals surface area contributed by atoms with Crippen molar-refractivity contribution in [3.8, 4) is 0 Å². The van der Waals surface area contributed by atoms with Gasteiger partial charge in [-0.05, 0) is 62.0 Å². The van der Waals surface area contributed by atoms with Gasteiger partial charge in [0, 0.05) is 30.4 Å². The summed E-state index contributed by atoms with van der Waals surface area (Å²) in [5.74, 6) is 0.741. The quantitative estimate of drug-likeness (QED) is 0.673.